The van der Waals surface area contributed by atoms with Crippen molar-refractivity contribution in [2.75, 3.05) is 6.54 Å². The second kappa shape index (κ2) is 18.6. The van der Waals surface area contributed by atoms with E-state index in [0.717, 1.165) is 5.56 Å². The van der Waals surface area contributed by atoms with Crippen molar-refractivity contribution in [1.29, 1.82) is 0 Å². The van der Waals surface area contributed by atoms with Gasteiger partial charge in [-0.15, -0.1) is 0 Å². The lowest BCUT2D eigenvalue weighted by Crippen LogP contribution is -2.59. The number of H-pyrrole nitrogens is 1. The zero-order valence-corrected chi connectivity index (χ0v) is 27.2. The number of primary amides is 1. The Morgan fingerprint density at radius 1 is 0.771 bits per heavy atom. The van der Waals surface area contributed by atoms with Gasteiger partial charge in [0, 0.05) is 49.6 Å². The van der Waals surface area contributed by atoms with Gasteiger partial charge in [0.1, 0.15) is 24.2 Å². The first-order valence-electron chi connectivity index (χ1n) is 15.2. The second-order valence-electron chi connectivity index (χ2n) is 11.1. The zero-order valence-electron chi connectivity index (χ0n) is 26.4. The van der Waals surface area contributed by atoms with E-state index in [4.69, 9.17) is 28.8 Å². The Bertz CT molecular complexity index is 1550. The van der Waals surface area contributed by atoms with Gasteiger partial charge in [0.25, 0.3) is 0 Å². The van der Waals surface area contributed by atoms with Crippen molar-refractivity contribution in [1.82, 2.24) is 31.2 Å². The minimum atomic E-state index is -1.16. The molecule has 11 N–H and O–H groups in total. The van der Waals surface area contributed by atoms with Gasteiger partial charge in [-0.3, -0.25) is 29.0 Å². The van der Waals surface area contributed by atoms with Crippen LogP contribution in [0, 0.1) is 0 Å². The molecule has 0 aliphatic rings. The van der Waals surface area contributed by atoms with Crippen molar-refractivity contribution < 1.29 is 24.0 Å². The summed E-state index contributed by atoms with van der Waals surface area (Å²) in [6.07, 6.45) is 3.58. The SMILES string of the molecule is CC(=O)N[C@@H](Cc1cnc[nH]1)C(=O)N[C@H](Cc1ccccc1)C(=O)N[C@@H](CCCN=C(N)N)C(=O)N[C@@H](Cc1ccc(Cl)cc1)C(N)=O. The molecule has 0 unspecified atom stereocenters. The Kier molecular flexibility index (Phi) is 14.4. The van der Waals surface area contributed by atoms with Crippen LogP contribution in [-0.4, -0.2) is 76.2 Å². The molecule has 5 amide bonds. The van der Waals surface area contributed by atoms with Crippen LogP contribution in [0.4, 0.5) is 0 Å². The molecule has 0 radical (unpaired) electrons. The van der Waals surface area contributed by atoms with Gasteiger partial charge in [-0.25, -0.2) is 4.98 Å². The summed E-state index contributed by atoms with van der Waals surface area (Å²) in [6, 6.07) is 11.2. The van der Waals surface area contributed by atoms with Crippen LogP contribution < -0.4 is 38.5 Å². The van der Waals surface area contributed by atoms with Crippen molar-refractivity contribution in [2.24, 2.45) is 22.2 Å². The number of aromatic nitrogens is 2. The number of benzene rings is 2. The second-order valence-corrected chi connectivity index (χ2v) is 11.5. The van der Waals surface area contributed by atoms with E-state index in [2.05, 4.69) is 36.2 Å². The summed E-state index contributed by atoms with van der Waals surface area (Å²) in [7, 11) is 0. The summed E-state index contributed by atoms with van der Waals surface area (Å²) in [4.78, 5) is 76.0. The molecule has 0 saturated heterocycles. The van der Waals surface area contributed by atoms with Gasteiger partial charge in [-0.05, 0) is 36.1 Å². The number of nitrogens with two attached hydrogens (primary N) is 3. The lowest BCUT2D eigenvalue weighted by molar-refractivity contribution is -0.134. The predicted molar refractivity (Wildman–Crippen MR) is 180 cm³/mol. The van der Waals surface area contributed by atoms with E-state index in [9.17, 15) is 24.0 Å². The molecule has 0 saturated carbocycles. The lowest BCUT2D eigenvalue weighted by Gasteiger charge is -2.26. The molecule has 256 valence electrons. The lowest BCUT2D eigenvalue weighted by atomic mass is 10.0. The molecule has 3 aromatic rings. The Morgan fingerprint density at radius 3 is 1.92 bits per heavy atom. The fraction of sp³-hybridized carbons (Fsp3) is 0.344. The number of halogens is 1. The Labute approximate surface area is 282 Å². The van der Waals surface area contributed by atoms with Crippen LogP contribution in [-0.2, 0) is 43.2 Å². The first kappa shape index (κ1) is 37.0. The maximum atomic E-state index is 13.9. The number of nitrogens with zero attached hydrogens (tertiary/aromatic N) is 2. The quantitative estimate of drug-likeness (QED) is 0.0497. The van der Waals surface area contributed by atoms with Crippen molar-refractivity contribution in [2.45, 2.75) is 63.2 Å². The van der Waals surface area contributed by atoms with Crippen LogP contribution in [0.15, 0.2) is 72.1 Å². The molecular formula is C32H41ClN10O5. The van der Waals surface area contributed by atoms with Gasteiger partial charge in [0.15, 0.2) is 5.96 Å². The molecule has 4 atom stereocenters. The van der Waals surface area contributed by atoms with Crippen LogP contribution >= 0.6 is 11.6 Å². The van der Waals surface area contributed by atoms with Crippen LogP contribution in [0.1, 0.15) is 36.6 Å². The topological polar surface area (TPSA) is 253 Å². The maximum absolute atomic E-state index is 13.9. The highest BCUT2D eigenvalue weighted by Crippen LogP contribution is 2.12. The number of nitrogens with one attached hydrogen (secondary N) is 5. The zero-order chi connectivity index (χ0) is 35.1. The van der Waals surface area contributed by atoms with Crippen LogP contribution in [0.25, 0.3) is 0 Å². The largest absolute Gasteiger partial charge is 0.370 e. The molecule has 16 heteroatoms. The van der Waals surface area contributed by atoms with Crippen LogP contribution in [0.3, 0.4) is 0 Å². The minimum absolute atomic E-state index is 0.0675. The smallest absolute Gasteiger partial charge is 0.243 e. The number of aromatic amines is 1. The maximum Gasteiger partial charge on any atom is 0.243 e. The molecule has 0 bridgehead atoms. The summed E-state index contributed by atoms with van der Waals surface area (Å²) in [5.41, 5.74) is 18.5. The van der Waals surface area contributed by atoms with Crippen molar-refractivity contribution in [3.8, 4) is 0 Å². The summed E-state index contributed by atoms with van der Waals surface area (Å²) in [5.74, 6) is -3.33. The number of imidazole rings is 1. The normalized spacial score (nSPS) is 13.2. The molecule has 0 fully saturated rings. The third kappa shape index (κ3) is 12.7. The monoisotopic (exact) mass is 680 g/mol. The molecule has 0 aliphatic carbocycles. The average molecular weight is 681 g/mol. The van der Waals surface area contributed by atoms with Gasteiger partial charge < -0.3 is 43.5 Å². The van der Waals surface area contributed by atoms with E-state index in [0.29, 0.717) is 22.7 Å². The van der Waals surface area contributed by atoms with E-state index in [1.54, 1.807) is 48.5 Å². The van der Waals surface area contributed by atoms with Crippen LogP contribution in [0.2, 0.25) is 5.02 Å². The molecule has 3 rings (SSSR count). The van der Waals surface area contributed by atoms with E-state index in [-0.39, 0.29) is 38.2 Å². The Balaban J connectivity index is 1.84. The van der Waals surface area contributed by atoms with Gasteiger partial charge in [-0.2, -0.15) is 0 Å². The molecule has 0 spiro atoms. The highest BCUT2D eigenvalue weighted by molar-refractivity contribution is 6.30. The number of guanidine groups is 1. The molecule has 15 nitrogen and oxygen atoms in total. The molecule has 2 aromatic carbocycles. The Morgan fingerprint density at radius 2 is 1.33 bits per heavy atom. The van der Waals surface area contributed by atoms with Crippen molar-refractivity contribution >= 4 is 47.1 Å². The fourth-order valence-corrected chi connectivity index (χ4v) is 4.92. The minimum Gasteiger partial charge on any atom is -0.370 e. The predicted octanol–water partition coefficient (Wildman–Crippen LogP) is -0.411. The molecular weight excluding hydrogens is 640 g/mol. The number of hydrogen-bond acceptors (Lipinski definition) is 7. The molecule has 0 aliphatic heterocycles. The summed E-state index contributed by atoms with van der Waals surface area (Å²) >= 11 is 5.97. The van der Waals surface area contributed by atoms with Crippen molar-refractivity contribution in [3.05, 3.63) is 89.0 Å². The van der Waals surface area contributed by atoms with E-state index in [1.807, 2.05) is 6.07 Å². The third-order valence-corrected chi connectivity index (χ3v) is 7.43. The fourth-order valence-electron chi connectivity index (χ4n) is 4.80. The summed E-state index contributed by atoms with van der Waals surface area (Å²) in [5, 5.41) is 11.2. The molecule has 1 aromatic heterocycles. The van der Waals surface area contributed by atoms with Gasteiger partial charge in [0.05, 0.1) is 6.33 Å². The number of carbonyl (C=O) groups is 5. The number of amides is 5. The average Bonchev–Trinajstić information content (AvgIpc) is 3.55. The number of carbonyl (C=O) groups excluding carboxylic acids is 5. The molecule has 1 heterocycles. The standard InChI is InChI=1S/C32H41ClN10O5/c1-19(44)40-27(16-23-17-37-18-39-23)31(48)43-26(15-20-6-3-2-4-7-20)30(47)41-24(8-5-13-38-32(35)36)29(46)42-25(28(34)45)14-21-9-11-22(33)12-10-21/h2-4,6-7,9-12,17-18,24-27H,5,8,13-16H2,1H3,(H2,34,45)(H,37,39)(H,40,44)(H,41,47)(H,42,46)(H,43,48)(H4,35,36,38)/t24-,25-,26+,27-/m0/s1. The van der Waals surface area contributed by atoms with Gasteiger partial charge in [0.2, 0.25) is 29.5 Å². The number of rotatable bonds is 18. The highest BCUT2D eigenvalue weighted by Gasteiger charge is 2.31. The highest BCUT2D eigenvalue weighted by atomic mass is 35.5. The summed E-state index contributed by atoms with van der Waals surface area (Å²) in [6.45, 7) is 1.45. The summed E-state index contributed by atoms with van der Waals surface area (Å²) < 4.78 is 0. The van der Waals surface area contributed by atoms with E-state index < -0.39 is 53.7 Å². The Hall–Kier alpha value is -5.44. The first-order valence-corrected chi connectivity index (χ1v) is 15.6. The first-order chi connectivity index (χ1) is 22.9. The van der Waals surface area contributed by atoms with Gasteiger partial charge >= 0.3 is 0 Å². The number of aliphatic imine (C=N–C) groups is 1. The van der Waals surface area contributed by atoms with Crippen molar-refractivity contribution in [3.63, 3.8) is 0 Å². The van der Waals surface area contributed by atoms with Gasteiger partial charge in [-0.1, -0.05) is 54.1 Å². The number of hydrogen-bond donors (Lipinski definition) is 8. The molecule has 48 heavy (non-hydrogen) atoms. The van der Waals surface area contributed by atoms with E-state index >= 15 is 0 Å². The van der Waals surface area contributed by atoms with Crippen LogP contribution in [0.5, 0.6) is 0 Å². The van der Waals surface area contributed by atoms with E-state index in [1.165, 1.54) is 19.4 Å². The third-order valence-electron chi connectivity index (χ3n) is 7.18.